The summed E-state index contributed by atoms with van der Waals surface area (Å²) in [6.07, 6.45) is 1.74. The molecule has 6 heteroatoms. The predicted octanol–water partition coefficient (Wildman–Crippen LogP) is 4.61. The van der Waals surface area contributed by atoms with Crippen molar-refractivity contribution in [1.82, 2.24) is 0 Å². The van der Waals surface area contributed by atoms with Gasteiger partial charge in [0.25, 0.3) is 0 Å². The van der Waals surface area contributed by atoms with E-state index in [1.165, 1.54) is 17.3 Å². The maximum atomic E-state index is 12.2. The Labute approximate surface area is 155 Å². The second-order valence-corrected chi connectivity index (χ2v) is 7.34. The van der Waals surface area contributed by atoms with Gasteiger partial charge in [-0.1, -0.05) is 54.2 Å². The minimum Gasteiger partial charge on any atom is -0.493 e. The minimum atomic E-state index is -0.0552. The number of para-hydroxylation sites is 1. The van der Waals surface area contributed by atoms with Crippen molar-refractivity contribution in [2.24, 2.45) is 4.99 Å². The summed E-state index contributed by atoms with van der Waals surface area (Å²) in [5.74, 6) is 2.00. The number of carbonyl (C=O) groups is 1. The molecule has 0 saturated heterocycles. The number of thioether (sulfide) groups is 2. The molecule has 2 aromatic carbocycles. The fraction of sp³-hybridized carbons (Fsp3) is 0.158. The molecule has 3 rings (SSSR count). The Morgan fingerprint density at radius 3 is 2.60 bits per heavy atom. The van der Waals surface area contributed by atoms with Crippen LogP contribution in [-0.4, -0.2) is 23.7 Å². The number of rotatable bonds is 5. The smallest absolute Gasteiger partial charge is 0.244 e. The van der Waals surface area contributed by atoms with Crippen LogP contribution in [0, 0.1) is 0 Å². The third-order valence-electron chi connectivity index (χ3n) is 3.53. The van der Waals surface area contributed by atoms with Gasteiger partial charge < -0.3 is 9.47 Å². The summed E-state index contributed by atoms with van der Waals surface area (Å²) < 4.78 is 11.5. The van der Waals surface area contributed by atoms with Crippen molar-refractivity contribution in [1.29, 1.82) is 0 Å². The van der Waals surface area contributed by atoms with Gasteiger partial charge in [0.1, 0.15) is 10.1 Å². The van der Waals surface area contributed by atoms with Crippen molar-refractivity contribution in [3.8, 4) is 11.5 Å². The molecule has 0 unspecified atom stereocenters. The highest BCUT2D eigenvalue weighted by Gasteiger charge is 2.23. The first-order chi connectivity index (χ1) is 12.2. The third kappa shape index (κ3) is 4.27. The van der Waals surface area contributed by atoms with Gasteiger partial charge in [-0.2, -0.15) is 0 Å². The highest BCUT2D eigenvalue weighted by Crippen LogP contribution is 2.36. The van der Waals surface area contributed by atoms with E-state index in [0.29, 0.717) is 17.2 Å². The number of nitrogens with zero attached hydrogens (tertiary/aromatic N) is 1. The summed E-state index contributed by atoms with van der Waals surface area (Å²) in [5.41, 5.74) is 2.39. The molecular formula is C19H17NO3S2. The fourth-order valence-electron chi connectivity index (χ4n) is 2.34. The summed E-state index contributed by atoms with van der Waals surface area (Å²) >= 11 is 2.74. The number of carbonyl (C=O) groups excluding carboxylic acids is 1. The lowest BCUT2D eigenvalue weighted by molar-refractivity contribution is -0.107. The first-order valence-electron chi connectivity index (χ1n) is 7.61. The summed E-state index contributed by atoms with van der Waals surface area (Å²) in [5, 5.41) is -0.0552. The van der Waals surface area contributed by atoms with E-state index in [1.54, 1.807) is 32.1 Å². The first-order valence-corrected chi connectivity index (χ1v) is 9.41. The molecule has 0 fully saturated rings. The molecule has 128 valence electrons. The zero-order valence-corrected chi connectivity index (χ0v) is 15.5. The zero-order chi connectivity index (χ0) is 17.6. The van der Waals surface area contributed by atoms with Crippen molar-refractivity contribution in [3.05, 3.63) is 65.4 Å². The van der Waals surface area contributed by atoms with Crippen LogP contribution in [0.5, 0.6) is 11.5 Å². The average molecular weight is 371 g/mol. The van der Waals surface area contributed by atoms with Gasteiger partial charge in [-0.15, -0.1) is 0 Å². The minimum absolute atomic E-state index is 0.0552. The van der Waals surface area contributed by atoms with Crippen LogP contribution in [0.25, 0.3) is 6.08 Å². The number of hydrogen-bond donors (Lipinski definition) is 0. The van der Waals surface area contributed by atoms with Gasteiger partial charge in [-0.3, -0.25) is 4.79 Å². The molecule has 2 aromatic rings. The molecule has 1 heterocycles. The fourth-order valence-corrected chi connectivity index (χ4v) is 4.14. The Bertz CT molecular complexity index is 832. The van der Waals surface area contributed by atoms with Crippen LogP contribution in [-0.2, 0) is 10.5 Å². The second-order valence-electron chi connectivity index (χ2n) is 5.15. The highest BCUT2D eigenvalue weighted by molar-refractivity contribution is 8.45. The lowest BCUT2D eigenvalue weighted by Crippen LogP contribution is -1.94. The third-order valence-corrected chi connectivity index (χ3v) is 5.61. The topological polar surface area (TPSA) is 47.9 Å². The Kier molecular flexibility index (Phi) is 5.83. The first kappa shape index (κ1) is 17.6. The maximum absolute atomic E-state index is 12.2. The number of benzene rings is 2. The van der Waals surface area contributed by atoms with Gasteiger partial charge in [0.15, 0.2) is 11.5 Å². The zero-order valence-electron chi connectivity index (χ0n) is 13.9. The van der Waals surface area contributed by atoms with Crippen LogP contribution in [0.3, 0.4) is 0 Å². The summed E-state index contributed by atoms with van der Waals surface area (Å²) in [4.78, 5) is 16.7. The van der Waals surface area contributed by atoms with Crippen LogP contribution in [0.4, 0.5) is 0 Å². The number of aliphatic imine (C=N–C) groups is 1. The van der Waals surface area contributed by atoms with Gasteiger partial charge in [0.05, 0.1) is 14.2 Å². The van der Waals surface area contributed by atoms with E-state index in [-0.39, 0.29) is 5.12 Å². The molecule has 0 atom stereocenters. The summed E-state index contributed by atoms with van der Waals surface area (Å²) in [6.45, 7) is 0. The van der Waals surface area contributed by atoms with E-state index < -0.39 is 0 Å². The standard InChI is InChI=1S/C19H17NO3S2/c1-22-16-10-6-9-14(17(16)23-2)11-15-18(21)25-19(20-15)24-12-13-7-4-3-5-8-13/h3-11H,12H2,1-2H3/b15-11-. The van der Waals surface area contributed by atoms with Crippen molar-refractivity contribution in [2.45, 2.75) is 5.75 Å². The largest absolute Gasteiger partial charge is 0.493 e. The van der Waals surface area contributed by atoms with E-state index in [0.717, 1.165) is 15.7 Å². The molecule has 1 aliphatic heterocycles. The van der Waals surface area contributed by atoms with Crippen LogP contribution in [0.1, 0.15) is 11.1 Å². The van der Waals surface area contributed by atoms with E-state index in [1.807, 2.05) is 36.4 Å². The lowest BCUT2D eigenvalue weighted by Gasteiger charge is -2.09. The molecule has 0 saturated carbocycles. The van der Waals surface area contributed by atoms with Gasteiger partial charge in [-0.25, -0.2) is 4.99 Å². The Morgan fingerprint density at radius 1 is 1.08 bits per heavy atom. The Balaban J connectivity index is 1.79. The average Bonchev–Trinajstić information content (AvgIpc) is 3.00. The van der Waals surface area contributed by atoms with Gasteiger partial charge in [-0.05, 0) is 29.5 Å². The number of hydrogen-bond acceptors (Lipinski definition) is 6. The summed E-state index contributed by atoms with van der Waals surface area (Å²) in [7, 11) is 3.16. The van der Waals surface area contributed by atoms with Gasteiger partial charge >= 0.3 is 0 Å². The van der Waals surface area contributed by atoms with Gasteiger partial charge in [0.2, 0.25) is 5.12 Å². The number of ether oxygens (including phenoxy) is 2. The van der Waals surface area contributed by atoms with Crippen LogP contribution >= 0.6 is 23.5 Å². The highest BCUT2D eigenvalue weighted by atomic mass is 32.2. The SMILES string of the molecule is COc1cccc(/C=C2\N=C(SCc3ccccc3)SC2=O)c1OC. The van der Waals surface area contributed by atoms with Crippen molar-refractivity contribution in [3.63, 3.8) is 0 Å². The Hall–Kier alpha value is -2.18. The number of methoxy groups -OCH3 is 2. The van der Waals surface area contributed by atoms with Crippen molar-refractivity contribution in [2.75, 3.05) is 14.2 Å². The quantitative estimate of drug-likeness (QED) is 0.719. The molecule has 4 nitrogen and oxygen atoms in total. The second kappa shape index (κ2) is 8.27. The molecular weight excluding hydrogens is 354 g/mol. The molecule has 0 radical (unpaired) electrons. The molecule has 0 aliphatic carbocycles. The van der Waals surface area contributed by atoms with E-state index >= 15 is 0 Å². The predicted molar refractivity (Wildman–Crippen MR) is 105 cm³/mol. The lowest BCUT2D eigenvalue weighted by atomic mass is 10.1. The molecule has 0 N–H and O–H groups in total. The van der Waals surface area contributed by atoms with E-state index in [9.17, 15) is 4.79 Å². The monoisotopic (exact) mass is 371 g/mol. The van der Waals surface area contributed by atoms with Crippen LogP contribution < -0.4 is 9.47 Å². The maximum Gasteiger partial charge on any atom is 0.244 e. The summed E-state index contributed by atoms with van der Waals surface area (Å²) in [6, 6.07) is 15.7. The van der Waals surface area contributed by atoms with E-state index in [2.05, 4.69) is 17.1 Å². The molecule has 0 bridgehead atoms. The van der Waals surface area contributed by atoms with Crippen LogP contribution in [0.15, 0.2) is 59.2 Å². The van der Waals surface area contributed by atoms with Crippen molar-refractivity contribution >= 4 is 39.1 Å². The molecule has 0 spiro atoms. The normalized spacial score (nSPS) is 15.4. The molecule has 1 aliphatic rings. The molecule has 0 amide bonds. The van der Waals surface area contributed by atoms with E-state index in [4.69, 9.17) is 9.47 Å². The Morgan fingerprint density at radius 2 is 1.88 bits per heavy atom. The van der Waals surface area contributed by atoms with Gasteiger partial charge in [0, 0.05) is 11.3 Å². The molecule has 25 heavy (non-hydrogen) atoms. The molecule has 0 aromatic heterocycles. The van der Waals surface area contributed by atoms with Crippen molar-refractivity contribution < 1.29 is 14.3 Å². The van der Waals surface area contributed by atoms with Crippen LogP contribution in [0.2, 0.25) is 0 Å².